The SMILES string of the molecule is Cl.O=C(CCc1nc(-c2ccc(Cl)cc2)no1)N1CCNCC1. The second-order valence-corrected chi connectivity index (χ2v) is 5.59. The molecule has 0 spiro atoms. The van der Waals surface area contributed by atoms with Crippen LogP contribution < -0.4 is 5.32 Å². The number of nitrogens with one attached hydrogen (secondary N) is 1. The van der Waals surface area contributed by atoms with Crippen LogP contribution in [0.3, 0.4) is 0 Å². The maximum absolute atomic E-state index is 12.1. The van der Waals surface area contributed by atoms with Gasteiger partial charge in [-0.3, -0.25) is 4.79 Å². The molecular weight excluding hydrogens is 339 g/mol. The van der Waals surface area contributed by atoms with Gasteiger partial charge in [0.2, 0.25) is 17.6 Å². The minimum Gasteiger partial charge on any atom is -0.340 e. The van der Waals surface area contributed by atoms with Crippen molar-refractivity contribution in [3.63, 3.8) is 0 Å². The van der Waals surface area contributed by atoms with E-state index in [0.717, 1.165) is 31.7 Å². The van der Waals surface area contributed by atoms with Crippen molar-refractivity contribution in [1.29, 1.82) is 0 Å². The van der Waals surface area contributed by atoms with E-state index in [1.165, 1.54) is 0 Å². The Morgan fingerprint density at radius 3 is 2.65 bits per heavy atom. The van der Waals surface area contributed by atoms with Crippen LogP contribution in [-0.4, -0.2) is 47.1 Å². The van der Waals surface area contributed by atoms with Crippen molar-refractivity contribution in [2.45, 2.75) is 12.8 Å². The van der Waals surface area contributed by atoms with Gasteiger partial charge in [-0.05, 0) is 24.3 Å². The highest BCUT2D eigenvalue weighted by Crippen LogP contribution is 2.19. The molecule has 1 aromatic heterocycles. The van der Waals surface area contributed by atoms with E-state index in [1.807, 2.05) is 17.0 Å². The van der Waals surface area contributed by atoms with Gasteiger partial charge < -0.3 is 14.7 Å². The number of aromatic nitrogens is 2. The summed E-state index contributed by atoms with van der Waals surface area (Å²) in [6.07, 6.45) is 0.853. The van der Waals surface area contributed by atoms with Crippen molar-refractivity contribution in [2.24, 2.45) is 0 Å². The number of hydrogen-bond acceptors (Lipinski definition) is 5. The molecule has 2 aromatic rings. The Hall–Kier alpha value is -1.63. The zero-order valence-corrected chi connectivity index (χ0v) is 14.1. The Bertz CT molecular complexity index is 639. The van der Waals surface area contributed by atoms with Crippen LogP contribution in [0.1, 0.15) is 12.3 Å². The zero-order chi connectivity index (χ0) is 15.4. The standard InChI is InChI=1S/C15H17ClN4O2.ClH/c16-12-3-1-11(2-4-12)15-18-13(22-19-15)5-6-14(21)20-9-7-17-8-10-20;/h1-4,17H,5-10H2;1H. The van der Waals surface area contributed by atoms with E-state index in [0.29, 0.717) is 29.6 Å². The number of carbonyl (C=O) groups excluding carboxylic acids is 1. The quantitative estimate of drug-likeness (QED) is 0.908. The molecule has 0 radical (unpaired) electrons. The molecule has 1 aromatic carbocycles. The lowest BCUT2D eigenvalue weighted by molar-refractivity contribution is -0.131. The minimum atomic E-state index is 0. The maximum Gasteiger partial charge on any atom is 0.227 e. The molecule has 1 amide bonds. The highest BCUT2D eigenvalue weighted by atomic mass is 35.5. The summed E-state index contributed by atoms with van der Waals surface area (Å²) in [5, 5.41) is 7.83. The Balaban J connectivity index is 0.00000192. The van der Waals surface area contributed by atoms with Crippen molar-refractivity contribution >= 4 is 29.9 Å². The van der Waals surface area contributed by atoms with Gasteiger partial charge in [0, 0.05) is 49.6 Å². The number of halogens is 2. The molecule has 1 fully saturated rings. The lowest BCUT2D eigenvalue weighted by atomic mass is 10.2. The molecule has 2 heterocycles. The van der Waals surface area contributed by atoms with Crippen molar-refractivity contribution in [1.82, 2.24) is 20.4 Å². The van der Waals surface area contributed by atoms with Crippen LogP contribution in [0.15, 0.2) is 28.8 Å². The Labute approximate surface area is 145 Å². The number of benzene rings is 1. The summed E-state index contributed by atoms with van der Waals surface area (Å²) in [7, 11) is 0. The van der Waals surface area contributed by atoms with Gasteiger partial charge in [-0.25, -0.2) is 0 Å². The van der Waals surface area contributed by atoms with Crippen LogP contribution in [0.5, 0.6) is 0 Å². The fourth-order valence-electron chi connectivity index (χ4n) is 2.36. The summed E-state index contributed by atoms with van der Waals surface area (Å²) >= 11 is 5.85. The van der Waals surface area contributed by atoms with Crippen molar-refractivity contribution < 1.29 is 9.32 Å². The average Bonchev–Trinajstić information content (AvgIpc) is 3.03. The van der Waals surface area contributed by atoms with Gasteiger partial charge in [0.1, 0.15) is 0 Å². The van der Waals surface area contributed by atoms with Crippen molar-refractivity contribution in [3.05, 3.63) is 35.2 Å². The molecule has 124 valence electrons. The smallest absolute Gasteiger partial charge is 0.227 e. The first-order valence-electron chi connectivity index (χ1n) is 7.29. The number of aryl methyl sites for hydroxylation is 1. The van der Waals surface area contributed by atoms with Crippen LogP contribution in [-0.2, 0) is 11.2 Å². The van der Waals surface area contributed by atoms with E-state index in [9.17, 15) is 4.79 Å². The van der Waals surface area contributed by atoms with Gasteiger partial charge in [-0.1, -0.05) is 16.8 Å². The van der Waals surface area contributed by atoms with Crippen LogP contribution in [0, 0.1) is 0 Å². The van der Waals surface area contributed by atoms with E-state index in [4.69, 9.17) is 16.1 Å². The van der Waals surface area contributed by atoms with Gasteiger partial charge in [0.25, 0.3) is 0 Å². The molecular formula is C15H18Cl2N4O2. The largest absolute Gasteiger partial charge is 0.340 e. The monoisotopic (exact) mass is 356 g/mol. The second-order valence-electron chi connectivity index (χ2n) is 5.15. The number of piperazine rings is 1. The van der Waals surface area contributed by atoms with E-state index >= 15 is 0 Å². The van der Waals surface area contributed by atoms with E-state index in [1.54, 1.807) is 12.1 Å². The highest BCUT2D eigenvalue weighted by Gasteiger charge is 2.17. The number of hydrogen-bond donors (Lipinski definition) is 1. The van der Waals surface area contributed by atoms with Crippen molar-refractivity contribution in [2.75, 3.05) is 26.2 Å². The lowest BCUT2D eigenvalue weighted by Gasteiger charge is -2.27. The van der Waals surface area contributed by atoms with E-state index in [-0.39, 0.29) is 18.3 Å². The topological polar surface area (TPSA) is 71.3 Å². The van der Waals surface area contributed by atoms with Crippen molar-refractivity contribution in [3.8, 4) is 11.4 Å². The normalized spacial score (nSPS) is 14.4. The molecule has 1 aliphatic heterocycles. The fourth-order valence-corrected chi connectivity index (χ4v) is 2.48. The van der Waals surface area contributed by atoms with Crippen LogP contribution in [0.4, 0.5) is 0 Å². The summed E-state index contributed by atoms with van der Waals surface area (Å²) < 4.78 is 5.21. The van der Waals surface area contributed by atoms with Crippen LogP contribution in [0.25, 0.3) is 11.4 Å². The summed E-state index contributed by atoms with van der Waals surface area (Å²) in [6.45, 7) is 3.23. The van der Waals surface area contributed by atoms with Crippen LogP contribution in [0.2, 0.25) is 5.02 Å². The molecule has 0 saturated carbocycles. The summed E-state index contributed by atoms with van der Waals surface area (Å²) in [6, 6.07) is 7.23. The second kappa shape index (κ2) is 8.29. The number of carbonyl (C=O) groups is 1. The summed E-state index contributed by atoms with van der Waals surface area (Å²) in [4.78, 5) is 18.3. The molecule has 0 atom stereocenters. The molecule has 8 heteroatoms. The molecule has 1 N–H and O–H groups in total. The average molecular weight is 357 g/mol. The lowest BCUT2D eigenvalue weighted by Crippen LogP contribution is -2.46. The third kappa shape index (κ3) is 4.67. The predicted octanol–water partition coefficient (Wildman–Crippen LogP) is 2.18. The number of amides is 1. The third-order valence-electron chi connectivity index (χ3n) is 3.59. The predicted molar refractivity (Wildman–Crippen MR) is 89.8 cm³/mol. The van der Waals surface area contributed by atoms with Gasteiger partial charge in [-0.15, -0.1) is 12.4 Å². The first kappa shape index (κ1) is 17.7. The fraction of sp³-hybridized carbons (Fsp3) is 0.400. The molecule has 0 bridgehead atoms. The maximum atomic E-state index is 12.1. The molecule has 1 aliphatic rings. The van der Waals surface area contributed by atoms with Gasteiger partial charge in [0.15, 0.2) is 0 Å². The molecule has 6 nitrogen and oxygen atoms in total. The van der Waals surface area contributed by atoms with Gasteiger partial charge in [-0.2, -0.15) is 4.98 Å². The number of rotatable bonds is 4. The Kier molecular flexibility index (Phi) is 6.38. The zero-order valence-electron chi connectivity index (χ0n) is 12.5. The third-order valence-corrected chi connectivity index (χ3v) is 3.84. The molecule has 0 aliphatic carbocycles. The highest BCUT2D eigenvalue weighted by molar-refractivity contribution is 6.30. The van der Waals surface area contributed by atoms with Gasteiger partial charge in [0.05, 0.1) is 0 Å². The van der Waals surface area contributed by atoms with Crippen LogP contribution >= 0.6 is 24.0 Å². The number of nitrogens with zero attached hydrogens (tertiary/aromatic N) is 3. The first-order valence-corrected chi connectivity index (χ1v) is 7.67. The summed E-state index contributed by atoms with van der Waals surface area (Å²) in [5.41, 5.74) is 0.841. The molecule has 1 saturated heterocycles. The molecule has 3 rings (SSSR count). The van der Waals surface area contributed by atoms with E-state index < -0.39 is 0 Å². The Morgan fingerprint density at radius 1 is 1.26 bits per heavy atom. The Morgan fingerprint density at radius 2 is 1.96 bits per heavy atom. The molecule has 0 unspecified atom stereocenters. The molecule has 23 heavy (non-hydrogen) atoms. The first-order chi connectivity index (χ1) is 10.7. The van der Waals surface area contributed by atoms with Gasteiger partial charge >= 0.3 is 0 Å². The minimum absolute atomic E-state index is 0. The van der Waals surface area contributed by atoms with E-state index in [2.05, 4.69) is 15.5 Å². The summed E-state index contributed by atoms with van der Waals surface area (Å²) in [5.74, 6) is 1.13.